The molecule has 0 aromatic heterocycles. The Hall–Kier alpha value is -0.130. The molecule has 1 aliphatic heterocycles. The van der Waals surface area contributed by atoms with Crippen LogP contribution in [0.1, 0.15) is 6.92 Å². The Morgan fingerprint density at radius 3 is 2.50 bits per heavy atom. The Morgan fingerprint density at radius 1 is 1.70 bits per heavy atom. The highest BCUT2D eigenvalue weighted by Crippen LogP contribution is 2.26. The zero-order chi connectivity index (χ0) is 7.83. The first kappa shape index (κ1) is 7.97. The number of hydrogen-bond acceptors (Lipinski definition) is 4. The topological polar surface area (TPSA) is 55.9 Å². The van der Waals surface area contributed by atoms with Crippen molar-refractivity contribution in [3.05, 3.63) is 0 Å². The zero-order valence-electron chi connectivity index (χ0n) is 5.96. The second-order valence-electron chi connectivity index (χ2n) is 2.70. The molecular weight excluding hydrogens is 156 g/mol. The van der Waals surface area contributed by atoms with Crippen molar-refractivity contribution in [3.63, 3.8) is 0 Å². The largest absolute Gasteiger partial charge is 0.367 e. The summed E-state index contributed by atoms with van der Waals surface area (Å²) in [5, 5.41) is 0. The van der Waals surface area contributed by atoms with Crippen molar-refractivity contribution < 1.29 is 17.3 Å². The Morgan fingerprint density at radius 2 is 2.20 bits per heavy atom. The maximum Gasteiger partial charge on any atom is 0.264 e. The van der Waals surface area contributed by atoms with E-state index < -0.39 is 10.1 Å². The van der Waals surface area contributed by atoms with Crippen LogP contribution in [0.4, 0.5) is 0 Å². The van der Waals surface area contributed by atoms with E-state index in [4.69, 9.17) is 4.74 Å². The summed E-state index contributed by atoms with van der Waals surface area (Å²) in [5.74, 6) is 0. The van der Waals surface area contributed by atoms with Crippen molar-refractivity contribution in [2.24, 2.45) is 0 Å². The van der Waals surface area contributed by atoms with Crippen molar-refractivity contribution in [3.8, 4) is 0 Å². The van der Waals surface area contributed by atoms with Crippen LogP contribution < -0.4 is 0 Å². The summed E-state index contributed by atoms with van der Waals surface area (Å²) in [5.41, 5.74) is -0.344. The second kappa shape index (κ2) is 2.18. The molecule has 0 radical (unpaired) electrons. The summed E-state index contributed by atoms with van der Waals surface area (Å²) in [6, 6.07) is 0. The summed E-state index contributed by atoms with van der Waals surface area (Å²) < 4.78 is 30.3. The van der Waals surface area contributed by atoms with Crippen LogP contribution >= 0.6 is 0 Å². The van der Waals surface area contributed by atoms with Gasteiger partial charge in [0, 0.05) is 0 Å². The van der Waals surface area contributed by atoms with Crippen LogP contribution in [0, 0.1) is 0 Å². The van der Waals surface area contributed by atoms with E-state index in [1.54, 1.807) is 6.92 Å². The second-order valence-corrected chi connectivity index (χ2v) is 4.35. The highest BCUT2D eigenvalue weighted by Gasteiger charge is 2.40. The van der Waals surface area contributed by atoms with Gasteiger partial charge in [0.2, 0.25) is 0 Å². The average Bonchev–Trinajstić information content (AvgIpc) is 2.43. The fraction of sp³-hybridized carbons (Fsp3) is 1.00. The Kier molecular flexibility index (Phi) is 1.74. The van der Waals surface area contributed by atoms with E-state index in [1.165, 1.54) is 0 Å². The van der Waals surface area contributed by atoms with Crippen molar-refractivity contribution in [2.75, 3.05) is 19.5 Å². The van der Waals surface area contributed by atoms with Gasteiger partial charge in [0.1, 0.15) is 5.60 Å². The van der Waals surface area contributed by atoms with Gasteiger partial charge in [-0.1, -0.05) is 0 Å². The van der Waals surface area contributed by atoms with Gasteiger partial charge in [-0.15, -0.1) is 0 Å². The van der Waals surface area contributed by atoms with Gasteiger partial charge in [0.25, 0.3) is 10.1 Å². The highest BCUT2D eigenvalue weighted by atomic mass is 32.2. The first-order valence-corrected chi connectivity index (χ1v) is 4.71. The van der Waals surface area contributed by atoms with Gasteiger partial charge < -0.3 is 4.74 Å². The maximum atomic E-state index is 10.4. The monoisotopic (exact) mass is 166 g/mol. The molecule has 5 heteroatoms. The predicted molar refractivity (Wildman–Crippen MR) is 35.2 cm³/mol. The predicted octanol–water partition coefficient (Wildman–Crippen LogP) is -0.248. The lowest BCUT2D eigenvalue weighted by Gasteiger charge is -2.02. The van der Waals surface area contributed by atoms with E-state index in [-0.39, 0.29) is 12.2 Å². The van der Waals surface area contributed by atoms with E-state index in [0.29, 0.717) is 6.61 Å². The van der Waals surface area contributed by atoms with E-state index in [0.717, 1.165) is 6.26 Å². The first-order chi connectivity index (χ1) is 4.41. The lowest BCUT2D eigenvalue weighted by atomic mass is 10.2. The summed E-state index contributed by atoms with van der Waals surface area (Å²) >= 11 is 0. The zero-order valence-corrected chi connectivity index (χ0v) is 6.77. The standard InChI is InChI=1S/C5H10O4S/c1-5(3-8-5)4-9-10(2,6)7/h3-4H2,1-2H3/t5-/m0/s1. The highest BCUT2D eigenvalue weighted by molar-refractivity contribution is 7.85. The minimum atomic E-state index is -3.30. The molecule has 1 atom stereocenters. The third kappa shape index (κ3) is 2.64. The molecule has 0 aromatic carbocycles. The average molecular weight is 166 g/mol. The molecule has 4 nitrogen and oxygen atoms in total. The van der Waals surface area contributed by atoms with Crippen molar-refractivity contribution in [2.45, 2.75) is 12.5 Å². The molecular formula is C5H10O4S. The van der Waals surface area contributed by atoms with Crippen LogP contribution in [0.15, 0.2) is 0 Å². The number of epoxide rings is 1. The van der Waals surface area contributed by atoms with E-state index in [1.807, 2.05) is 0 Å². The Balaban J connectivity index is 2.30. The van der Waals surface area contributed by atoms with Gasteiger partial charge >= 0.3 is 0 Å². The van der Waals surface area contributed by atoms with Crippen molar-refractivity contribution in [1.82, 2.24) is 0 Å². The van der Waals surface area contributed by atoms with E-state index in [2.05, 4.69) is 4.18 Å². The van der Waals surface area contributed by atoms with Crippen LogP contribution in [0.5, 0.6) is 0 Å². The maximum absolute atomic E-state index is 10.4. The van der Waals surface area contributed by atoms with E-state index >= 15 is 0 Å². The van der Waals surface area contributed by atoms with Crippen LogP contribution in [-0.2, 0) is 19.0 Å². The molecule has 0 spiro atoms. The summed E-state index contributed by atoms with van der Waals surface area (Å²) in [6.45, 7) is 2.52. The molecule has 0 unspecified atom stereocenters. The van der Waals surface area contributed by atoms with Crippen LogP contribution in [-0.4, -0.2) is 33.5 Å². The normalized spacial score (nSPS) is 32.2. The number of hydrogen-bond donors (Lipinski definition) is 0. The van der Waals surface area contributed by atoms with Gasteiger partial charge in [-0.05, 0) is 6.92 Å². The summed E-state index contributed by atoms with van der Waals surface area (Å²) in [4.78, 5) is 0. The first-order valence-electron chi connectivity index (χ1n) is 2.90. The van der Waals surface area contributed by atoms with Crippen molar-refractivity contribution in [1.29, 1.82) is 0 Å². The minimum absolute atomic E-state index is 0.131. The smallest absolute Gasteiger partial charge is 0.264 e. The van der Waals surface area contributed by atoms with Crippen molar-refractivity contribution >= 4 is 10.1 Å². The SMILES string of the molecule is C[C@@]1(COS(C)(=O)=O)CO1. The quantitative estimate of drug-likeness (QED) is 0.428. The lowest BCUT2D eigenvalue weighted by molar-refractivity contribution is 0.208. The lowest BCUT2D eigenvalue weighted by Crippen LogP contribution is -2.17. The minimum Gasteiger partial charge on any atom is -0.367 e. The Labute approximate surface area is 60.3 Å². The van der Waals surface area contributed by atoms with Crippen LogP contribution in [0.2, 0.25) is 0 Å². The molecule has 1 fully saturated rings. The number of rotatable bonds is 3. The fourth-order valence-electron chi connectivity index (χ4n) is 0.438. The van der Waals surface area contributed by atoms with Gasteiger partial charge in [0.05, 0.1) is 19.5 Å². The van der Waals surface area contributed by atoms with E-state index in [9.17, 15) is 8.42 Å². The number of ether oxygens (including phenoxy) is 1. The molecule has 1 heterocycles. The third-order valence-corrected chi connectivity index (χ3v) is 1.76. The fourth-order valence-corrected chi connectivity index (χ4v) is 0.902. The van der Waals surface area contributed by atoms with Gasteiger partial charge in [0.15, 0.2) is 0 Å². The van der Waals surface area contributed by atoms with Gasteiger partial charge in [-0.3, -0.25) is 4.18 Å². The molecule has 1 rings (SSSR count). The molecule has 0 aromatic rings. The molecule has 0 N–H and O–H groups in total. The molecule has 0 bridgehead atoms. The molecule has 1 aliphatic rings. The van der Waals surface area contributed by atoms with Crippen LogP contribution in [0.25, 0.3) is 0 Å². The third-order valence-electron chi connectivity index (χ3n) is 1.22. The van der Waals surface area contributed by atoms with Gasteiger partial charge in [-0.25, -0.2) is 0 Å². The molecule has 10 heavy (non-hydrogen) atoms. The summed E-state index contributed by atoms with van der Waals surface area (Å²) in [6.07, 6.45) is 1.03. The van der Waals surface area contributed by atoms with Gasteiger partial charge in [-0.2, -0.15) is 8.42 Å². The Bertz CT molecular complexity index is 214. The summed E-state index contributed by atoms with van der Waals surface area (Å²) in [7, 11) is -3.30. The molecule has 0 amide bonds. The molecule has 0 saturated carbocycles. The molecule has 60 valence electrons. The molecule has 1 saturated heterocycles. The molecule has 0 aliphatic carbocycles. The van der Waals surface area contributed by atoms with Crippen LogP contribution in [0.3, 0.4) is 0 Å².